The Bertz CT molecular complexity index is 451. The van der Waals surface area contributed by atoms with Gasteiger partial charge in [-0.1, -0.05) is 30.3 Å². The molecule has 1 N–H and O–H groups in total. The third-order valence-corrected chi connectivity index (χ3v) is 2.09. The van der Waals surface area contributed by atoms with Crippen molar-refractivity contribution in [2.75, 3.05) is 0 Å². The van der Waals surface area contributed by atoms with Crippen LogP contribution in [0.4, 0.5) is 0 Å². The first-order valence-electron chi connectivity index (χ1n) is 4.53. The molecule has 0 amide bonds. The Morgan fingerprint density at radius 2 is 2.07 bits per heavy atom. The number of hydrogen-bond acceptors (Lipinski definition) is 4. The highest BCUT2D eigenvalue weighted by Gasteiger charge is 2.24. The van der Waals surface area contributed by atoms with Gasteiger partial charge in [0.05, 0.1) is 0 Å². The van der Waals surface area contributed by atoms with Crippen molar-refractivity contribution < 1.29 is 14.6 Å². The Hall–Kier alpha value is -1.88. The van der Waals surface area contributed by atoms with Crippen molar-refractivity contribution in [2.45, 2.75) is 13.0 Å². The van der Waals surface area contributed by atoms with Gasteiger partial charge >= 0.3 is 0 Å². The Balaban J connectivity index is 2.54. The Morgan fingerprint density at radius 3 is 2.67 bits per heavy atom. The fraction of sp³-hybridized carbons (Fsp3) is 0.200. The topological polar surface area (TPSA) is 73.2 Å². The molecule has 5 heteroatoms. The van der Waals surface area contributed by atoms with Gasteiger partial charge in [0.1, 0.15) is 6.10 Å². The lowest BCUT2D eigenvalue weighted by atomic mass is 10.1. The zero-order valence-electron chi connectivity index (χ0n) is 8.12. The summed E-state index contributed by atoms with van der Waals surface area (Å²) in [4.78, 5) is 0.229. The Morgan fingerprint density at radius 1 is 1.40 bits per heavy atom. The quantitative estimate of drug-likeness (QED) is 0.745. The van der Waals surface area contributed by atoms with Crippen molar-refractivity contribution >= 4 is 0 Å². The van der Waals surface area contributed by atoms with Crippen LogP contribution in [0.5, 0.6) is 0 Å². The normalized spacial score (nSPS) is 12.7. The summed E-state index contributed by atoms with van der Waals surface area (Å²) in [7, 11) is 0. The summed E-state index contributed by atoms with van der Waals surface area (Å²) in [5, 5.41) is 24.2. The summed E-state index contributed by atoms with van der Waals surface area (Å²) in [6, 6.07) is 9.10. The van der Waals surface area contributed by atoms with Crippen LogP contribution in [-0.2, 0) is 0 Å². The fourth-order valence-corrected chi connectivity index (χ4v) is 1.40. The lowest BCUT2D eigenvalue weighted by Gasteiger charge is -2.00. The number of aromatic nitrogens is 2. The highest BCUT2D eigenvalue weighted by atomic mass is 16.8. The Kier molecular flexibility index (Phi) is 2.39. The molecule has 1 atom stereocenters. The largest absolute Gasteiger partial charge is 0.385 e. The van der Waals surface area contributed by atoms with Gasteiger partial charge in [-0.05, 0) is 11.8 Å². The summed E-state index contributed by atoms with van der Waals surface area (Å²) in [5.74, 6) is 0. The first kappa shape index (κ1) is 9.67. The van der Waals surface area contributed by atoms with Crippen LogP contribution in [0.15, 0.2) is 35.0 Å². The molecule has 0 bridgehead atoms. The van der Waals surface area contributed by atoms with E-state index in [0.29, 0.717) is 5.69 Å². The second kappa shape index (κ2) is 3.70. The molecule has 2 aromatic rings. The fourth-order valence-electron chi connectivity index (χ4n) is 1.40. The summed E-state index contributed by atoms with van der Waals surface area (Å²) in [6.45, 7) is 1.49. The molecule has 0 fully saturated rings. The lowest BCUT2D eigenvalue weighted by molar-refractivity contribution is -0.810. The number of aliphatic hydroxyl groups is 1. The molecule has 0 aliphatic heterocycles. The highest BCUT2D eigenvalue weighted by Crippen LogP contribution is 2.23. The average Bonchev–Trinajstić information content (AvgIpc) is 2.61. The van der Waals surface area contributed by atoms with Crippen LogP contribution in [0.1, 0.15) is 18.7 Å². The molecule has 0 aliphatic carbocycles. The summed E-state index contributed by atoms with van der Waals surface area (Å²) in [6.07, 6.45) is -0.913. The van der Waals surface area contributed by atoms with Gasteiger partial charge in [-0.3, -0.25) is 4.63 Å². The molecule has 5 nitrogen and oxygen atoms in total. The van der Waals surface area contributed by atoms with E-state index >= 15 is 0 Å². The molecule has 0 spiro atoms. The van der Waals surface area contributed by atoms with Crippen molar-refractivity contribution in [3.05, 3.63) is 41.2 Å². The van der Waals surface area contributed by atoms with Crippen molar-refractivity contribution in [2.24, 2.45) is 0 Å². The molecule has 1 aromatic heterocycles. The van der Waals surface area contributed by atoms with Gasteiger partial charge in [-0.25, -0.2) is 0 Å². The van der Waals surface area contributed by atoms with E-state index < -0.39 is 6.10 Å². The third-order valence-electron chi connectivity index (χ3n) is 2.09. The van der Waals surface area contributed by atoms with Crippen LogP contribution in [0.25, 0.3) is 11.3 Å². The molecule has 15 heavy (non-hydrogen) atoms. The molecule has 0 aliphatic rings. The molecule has 1 unspecified atom stereocenters. The third kappa shape index (κ3) is 1.69. The van der Waals surface area contributed by atoms with E-state index in [2.05, 4.69) is 9.79 Å². The van der Waals surface area contributed by atoms with Gasteiger partial charge in [0, 0.05) is 10.7 Å². The van der Waals surface area contributed by atoms with Gasteiger partial charge in [0.25, 0.3) is 5.69 Å². The zero-order chi connectivity index (χ0) is 10.8. The molecule has 1 aromatic carbocycles. The lowest BCUT2D eigenvalue weighted by Crippen LogP contribution is -2.29. The van der Waals surface area contributed by atoms with Crippen LogP contribution in [0.3, 0.4) is 0 Å². The van der Waals surface area contributed by atoms with Crippen molar-refractivity contribution in [1.82, 2.24) is 5.16 Å². The molecule has 0 saturated heterocycles. The van der Waals surface area contributed by atoms with E-state index in [-0.39, 0.29) is 10.6 Å². The van der Waals surface area contributed by atoms with Crippen molar-refractivity contribution in [3.8, 4) is 11.3 Å². The van der Waals surface area contributed by atoms with Gasteiger partial charge in [0.2, 0.25) is 5.69 Å². The predicted octanol–water partition coefficient (Wildman–Crippen LogP) is 1.03. The number of hydrogen-bond donors (Lipinski definition) is 1. The first-order chi connectivity index (χ1) is 7.20. The van der Waals surface area contributed by atoms with E-state index in [0.717, 1.165) is 5.56 Å². The van der Waals surface area contributed by atoms with E-state index in [4.69, 9.17) is 0 Å². The minimum atomic E-state index is -0.913. The van der Waals surface area contributed by atoms with Crippen LogP contribution in [0.2, 0.25) is 0 Å². The smallest absolute Gasteiger partial charge is 0.254 e. The van der Waals surface area contributed by atoms with E-state index in [1.54, 1.807) is 12.1 Å². The molecule has 0 radical (unpaired) electrons. The summed E-state index contributed by atoms with van der Waals surface area (Å²) < 4.78 is 4.46. The number of aliphatic hydroxyl groups excluding tert-OH is 1. The van der Waals surface area contributed by atoms with Gasteiger partial charge < -0.3 is 10.3 Å². The van der Waals surface area contributed by atoms with Crippen LogP contribution in [0, 0.1) is 5.21 Å². The maximum atomic E-state index is 11.2. The minimum absolute atomic E-state index is 0.126. The average molecular weight is 206 g/mol. The van der Waals surface area contributed by atoms with Crippen molar-refractivity contribution in [1.29, 1.82) is 0 Å². The SMILES string of the molecule is CC(O)c1c(-c2ccccc2)no[n+]1[O-]. The Labute approximate surface area is 86.1 Å². The molecular formula is C10H10N2O3. The molecule has 2 rings (SSSR count). The summed E-state index contributed by atoms with van der Waals surface area (Å²) in [5.41, 5.74) is 1.24. The van der Waals surface area contributed by atoms with Crippen molar-refractivity contribution in [3.63, 3.8) is 0 Å². The molecule has 0 saturated carbocycles. The first-order valence-corrected chi connectivity index (χ1v) is 4.53. The van der Waals surface area contributed by atoms with E-state index in [1.165, 1.54) is 6.92 Å². The number of benzene rings is 1. The molecular weight excluding hydrogens is 196 g/mol. The van der Waals surface area contributed by atoms with Gasteiger partial charge in [0.15, 0.2) is 0 Å². The highest BCUT2D eigenvalue weighted by molar-refractivity contribution is 5.60. The second-order valence-corrected chi connectivity index (χ2v) is 3.21. The number of nitrogens with zero attached hydrogens (tertiary/aromatic N) is 2. The predicted molar refractivity (Wildman–Crippen MR) is 51.5 cm³/mol. The second-order valence-electron chi connectivity index (χ2n) is 3.21. The van der Waals surface area contributed by atoms with Crippen LogP contribution < -0.4 is 4.90 Å². The van der Waals surface area contributed by atoms with E-state index in [9.17, 15) is 10.3 Å². The van der Waals surface area contributed by atoms with Gasteiger partial charge in [-0.2, -0.15) is 0 Å². The maximum Gasteiger partial charge on any atom is 0.254 e. The minimum Gasteiger partial charge on any atom is -0.385 e. The van der Waals surface area contributed by atoms with E-state index in [1.807, 2.05) is 18.2 Å². The standard InChI is InChI=1S/C10H10N2O3/c1-7(13)10-9(11-15-12(10)14)8-5-3-2-4-6-8/h2-7,13H,1H3. The van der Waals surface area contributed by atoms with Gasteiger partial charge in [-0.15, -0.1) is 0 Å². The maximum absolute atomic E-state index is 11.2. The monoisotopic (exact) mass is 206 g/mol. The summed E-state index contributed by atoms with van der Waals surface area (Å²) >= 11 is 0. The van der Waals surface area contributed by atoms with Crippen LogP contribution in [-0.4, -0.2) is 10.3 Å². The molecule has 78 valence electrons. The zero-order valence-corrected chi connectivity index (χ0v) is 8.12. The number of rotatable bonds is 2. The molecule has 1 heterocycles. The van der Waals surface area contributed by atoms with Crippen LogP contribution >= 0.6 is 0 Å².